The van der Waals surface area contributed by atoms with Crippen LogP contribution >= 0.6 is 11.3 Å². The van der Waals surface area contributed by atoms with Gasteiger partial charge in [-0.25, -0.2) is 4.98 Å². The first-order valence-corrected chi connectivity index (χ1v) is 5.27. The molecule has 0 aliphatic rings. The highest BCUT2D eigenvalue weighted by atomic mass is 32.1. The molecule has 0 amide bonds. The molecule has 0 aromatic carbocycles. The highest BCUT2D eigenvalue weighted by molar-refractivity contribution is 7.15. The van der Waals surface area contributed by atoms with Crippen LogP contribution in [0.1, 0.15) is 23.9 Å². The van der Waals surface area contributed by atoms with Crippen LogP contribution in [0, 0.1) is 13.8 Å². The third kappa shape index (κ3) is 3.32. The van der Waals surface area contributed by atoms with Gasteiger partial charge in [0.1, 0.15) is 0 Å². The standard InChI is InChI=1S/C9H16N2OS/c1-6(12)4-5-10-9-11-7(2)8(3)13-9/h6,12H,4-5H2,1-3H3,(H,10,11). The van der Waals surface area contributed by atoms with E-state index in [1.807, 2.05) is 6.92 Å². The summed E-state index contributed by atoms with van der Waals surface area (Å²) in [6.07, 6.45) is 0.521. The quantitative estimate of drug-likeness (QED) is 0.780. The summed E-state index contributed by atoms with van der Waals surface area (Å²) >= 11 is 1.66. The van der Waals surface area contributed by atoms with Gasteiger partial charge in [-0.1, -0.05) is 0 Å². The number of thiazole rings is 1. The number of aliphatic hydroxyl groups excluding tert-OH is 1. The van der Waals surface area contributed by atoms with Crippen molar-refractivity contribution in [1.82, 2.24) is 4.98 Å². The number of nitrogens with one attached hydrogen (secondary N) is 1. The van der Waals surface area contributed by atoms with E-state index in [0.29, 0.717) is 0 Å². The number of aromatic nitrogens is 1. The first-order chi connectivity index (χ1) is 6.09. The summed E-state index contributed by atoms with van der Waals surface area (Å²) in [5.41, 5.74) is 1.09. The third-order valence-electron chi connectivity index (χ3n) is 1.87. The predicted molar refractivity (Wildman–Crippen MR) is 56.4 cm³/mol. The summed E-state index contributed by atoms with van der Waals surface area (Å²) in [4.78, 5) is 5.58. The van der Waals surface area contributed by atoms with Crippen LogP contribution in [0.3, 0.4) is 0 Å². The number of hydrogen-bond donors (Lipinski definition) is 2. The van der Waals surface area contributed by atoms with Gasteiger partial charge in [0.15, 0.2) is 5.13 Å². The van der Waals surface area contributed by atoms with E-state index in [1.165, 1.54) is 4.88 Å². The summed E-state index contributed by atoms with van der Waals surface area (Å²) in [7, 11) is 0. The second kappa shape index (κ2) is 4.58. The Hall–Kier alpha value is -0.610. The van der Waals surface area contributed by atoms with Crippen molar-refractivity contribution in [1.29, 1.82) is 0 Å². The Bertz CT molecular complexity index is 251. The Kier molecular flexibility index (Phi) is 3.69. The molecule has 1 unspecified atom stereocenters. The Morgan fingerprint density at radius 2 is 2.23 bits per heavy atom. The topological polar surface area (TPSA) is 45.2 Å². The van der Waals surface area contributed by atoms with Crippen molar-refractivity contribution in [3.63, 3.8) is 0 Å². The molecule has 0 aliphatic heterocycles. The van der Waals surface area contributed by atoms with Gasteiger partial charge in [0.05, 0.1) is 11.8 Å². The largest absolute Gasteiger partial charge is 0.393 e. The van der Waals surface area contributed by atoms with Crippen molar-refractivity contribution in [2.24, 2.45) is 0 Å². The lowest BCUT2D eigenvalue weighted by Gasteiger charge is -2.03. The molecule has 0 aliphatic carbocycles. The third-order valence-corrected chi connectivity index (χ3v) is 2.90. The molecule has 13 heavy (non-hydrogen) atoms. The lowest BCUT2D eigenvalue weighted by atomic mass is 10.3. The molecule has 0 radical (unpaired) electrons. The first-order valence-electron chi connectivity index (χ1n) is 4.45. The molecule has 74 valence electrons. The van der Waals surface area contributed by atoms with E-state index in [0.717, 1.165) is 23.8 Å². The van der Waals surface area contributed by atoms with Crippen LogP contribution in [0.4, 0.5) is 5.13 Å². The molecule has 1 aromatic heterocycles. The Labute approximate surface area is 82.8 Å². The van der Waals surface area contributed by atoms with E-state index in [9.17, 15) is 0 Å². The second-order valence-electron chi connectivity index (χ2n) is 3.23. The summed E-state index contributed by atoms with van der Waals surface area (Å²) in [5, 5.41) is 13.2. The minimum Gasteiger partial charge on any atom is -0.393 e. The smallest absolute Gasteiger partial charge is 0.183 e. The van der Waals surface area contributed by atoms with Crippen LogP contribution in [0.2, 0.25) is 0 Å². The zero-order chi connectivity index (χ0) is 9.84. The minimum absolute atomic E-state index is 0.241. The van der Waals surface area contributed by atoms with E-state index in [4.69, 9.17) is 5.11 Å². The number of rotatable bonds is 4. The van der Waals surface area contributed by atoms with Gasteiger partial charge >= 0.3 is 0 Å². The maximum absolute atomic E-state index is 9.03. The van der Waals surface area contributed by atoms with E-state index < -0.39 is 0 Å². The molecule has 2 N–H and O–H groups in total. The number of hydrogen-bond acceptors (Lipinski definition) is 4. The zero-order valence-electron chi connectivity index (χ0n) is 8.29. The molecule has 1 rings (SSSR count). The van der Waals surface area contributed by atoms with E-state index in [-0.39, 0.29) is 6.10 Å². The molecule has 1 heterocycles. The normalized spacial score (nSPS) is 12.9. The summed E-state index contributed by atoms with van der Waals surface area (Å²) in [6.45, 7) is 6.64. The van der Waals surface area contributed by atoms with E-state index in [1.54, 1.807) is 18.3 Å². The van der Waals surface area contributed by atoms with Gasteiger partial charge in [0.2, 0.25) is 0 Å². The molecular formula is C9H16N2OS. The molecular weight excluding hydrogens is 184 g/mol. The second-order valence-corrected chi connectivity index (χ2v) is 4.43. The van der Waals surface area contributed by atoms with Gasteiger partial charge in [0.25, 0.3) is 0 Å². The van der Waals surface area contributed by atoms with Crippen molar-refractivity contribution in [2.45, 2.75) is 33.3 Å². The Morgan fingerprint density at radius 3 is 2.69 bits per heavy atom. The van der Waals surface area contributed by atoms with Crippen molar-refractivity contribution in [3.05, 3.63) is 10.6 Å². The lowest BCUT2D eigenvalue weighted by Crippen LogP contribution is -2.09. The maximum atomic E-state index is 9.03. The molecule has 3 nitrogen and oxygen atoms in total. The van der Waals surface area contributed by atoms with Gasteiger partial charge in [-0.3, -0.25) is 0 Å². The minimum atomic E-state index is -0.241. The number of anilines is 1. The van der Waals surface area contributed by atoms with Crippen molar-refractivity contribution >= 4 is 16.5 Å². The highest BCUT2D eigenvalue weighted by Gasteiger charge is 2.02. The fourth-order valence-corrected chi connectivity index (χ4v) is 1.78. The van der Waals surface area contributed by atoms with Crippen molar-refractivity contribution < 1.29 is 5.11 Å². The lowest BCUT2D eigenvalue weighted by molar-refractivity contribution is 0.189. The molecule has 0 spiro atoms. The summed E-state index contributed by atoms with van der Waals surface area (Å²) < 4.78 is 0. The van der Waals surface area contributed by atoms with Crippen LogP contribution in [-0.2, 0) is 0 Å². The van der Waals surface area contributed by atoms with Gasteiger partial charge in [0, 0.05) is 11.4 Å². The van der Waals surface area contributed by atoms with Crippen LogP contribution in [0.15, 0.2) is 0 Å². The molecule has 0 saturated heterocycles. The summed E-state index contributed by atoms with van der Waals surface area (Å²) in [5.74, 6) is 0. The number of nitrogens with zero attached hydrogens (tertiary/aromatic N) is 1. The fourth-order valence-electron chi connectivity index (χ4n) is 0.936. The molecule has 0 fully saturated rings. The highest BCUT2D eigenvalue weighted by Crippen LogP contribution is 2.20. The van der Waals surface area contributed by atoms with E-state index >= 15 is 0 Å². The average molecular weight is 200 g/mol. The summed E-state index contributed by atoms with van der Waals surface area (Å²) in [6, 6.07) is 0. The number of aliphatic hydroxyl groups is 1. The molecule has 1 aromatic rings. The predicted octanol–water partition coefficient (Wildman–Crippen LogP) is 1.94. The van der Waals surface area contributed by atoms with Gasteiger partial charge in [-0.15, -0.1) is 11.3 Å². The van der Waals surface area contributed by atoms with Crippen molar-refractivity contribution in [2.75, 3.05) is 11.9 Å². The maximum Gasteiger partial charge on any atom is 0.183 e. The van der Waals surface area contributed by atoms with Crippen LogP contribution in [0.25, 0.3) is 0 Å². The van der Waals surface area contributed by atoms with Crippen molar-refractivity contribution in [3.8, 4) is 0 Å². The van der Waals surface area contributed by atoms with Gasteiger partial charge < -0.3 is 10.4 Å². The zero-order valence-corrected chi connectivity index (χ0v) is 9.11. The van der Waals surface area contributed by atoms with Gasteiger partial charge in [-0.2, -0.15) is 0 Å². The SMILES string of the molecule is Cc1nc(NCCC(C)O)sc1C. The molecule has 0 bridgehead atoms. The number of aryl methyl sites for hydroxylation is 2. The first kappa shape index (κ1) is 10.5. The van der Waals surface area contributed by atoms with Gasteiger partial charge in [-0.05, 0) is 27.2 Å². The van der Waals surface area contributed by atoms with Crippen LogP contribution < -0.4 is 5.32 Å². The van der Waals surface area contributed by atoms with E-state index in [2.05, 4.69) is 17.2 Å². The Balaban J connectivity index is 2.37. The fraction of sp³-hybridized carbons (Fsp3) is 0.667. The van der Waals surface area contributed by atoms with Crippen LogP contribution in [0.5, 0.6) is 0 Å². The monoisotopic (exact) mass is 200 g/mol. The Morgan fingerprint density at radius 1 is 1.54 bits per heavy atom. The molecule has 4 heteroatoms. The van der Waals surface area contributed by atoms with Crippen LogP contribution in [-0.4, -0.2) is 22.7 Å². The molecule has 0 saturated carbocycles. The average Bonchev–Trinajstić information content (AvgIpc) is 2.30. The molecule has 1 atom stereocenters.